The van der Waals surface area contributed by atoms with E-state index in [9.17, 15) is 26.7 Å². The molecule has 1 N–H and O–H groups in total. The third kappa shape index (κ3) is 3.46. The Morgan fingerprint density at radius 1 is 1.27 bits per heavy atom. The minimum absolute atomic E-state index is 0.00326. The SMILES string of the molecule is C[C@]1(OC(=O)C(F)(F)F)CNCCN1c1cc(F)cc(F)c1. The Balaban J connectivity index is 2.33. The Kier molecular flexibility index (Phi) is 4.28. The van der Waals surface area contributed by atoms with Crippen LogP contribution in [0.2, 0.25) is 0 Å². The molecular weight excluding hydrogens is 311 g/mol. The fourth-order valence-corrected chi connectivity index (χ4v) is 2.29. The standard InChI is InChI=1S/C13H13F5N2O2/c1-12(22-11(21)13(16,17)18)7-19-2-3-20(12)10-5-8(14)4-9(15)6-10/h4-6,19H,2-3,7H2,1H3/t12-/m0/s1. The molecule has 1 aliphatic rings. The van der Waals surface area contributed by atoms with Crippen LogP contribution in [0.5, 0.6) is 0 Å². The predicted octanol–water partition coefficient (Wildman–Crippen LogP) is 2.20. The highest BCUT2D eigenvalue weighted by atomic mass is 19.4. The van der Waals surface area contributed by atoms with Crippen molar-refractivity contribution in [1.82, 2.24) is 5.32 Å². The number of alkyl halides is 3. The Morgan fingerprint density at radius 3 is 2.41 bits per heavy atom. The fourth-order valence-electron chi connectivity index (χ4n) is 2.29. The van der Waals surface area contributed by atoms with Gasteiger partial charge in [0.25, 0.3) is 0 Å². The van der Waals surface area contributed by atoms with E-state index in [4.69, 9.17) is 0 Å². The molecular formula is C13H13F5N2O2. The number of ether oxygens (including phenoxy) is 1. The van der Waals surface area contributed by atoms with Crippen LogP contribution in [0.4, 0.5) is 27.6 Å². The minimum Gasteiger partial charge on any atom is -0.431 e. The maximum absolute atomic E-state index is 13.3. The number of rotatable bonds is 2. The lowest BCUT2D eigenvalue weighted by Gasteiger charge is -2.45. The van der Waals surface area contributed by atoms with Gasteiger partial charge in [0.15, 0.2) is 5.72 Å². The summed E-state index contributed by atoms with van der Waals surface area (Å²) in [5, 5.41) is 2.79. The van der Waals surface area contributed by atoms with Gasteiger partial charge in [-0.15, -0.1) is 0 Å². The molecule has 9 heteroatoms. The van der Waals surface area contributed by atoms with Gasteiger partial charge in [-0.05, 0) is 19.1 Å². The van der Waals surface area contributed by atoms with Gasteiger partial charge in [0.2, 0.25) is 0 Å². The number of nitrogens with zero attached hydrogens (tertiary/aromatic N) is 1. The minimum atomic E-state index is -5.15. The molecule has 0 bridgehead atoms. The van der Waals surface area contributed by atoms with Crippen molar-refractivity contribution in [2.45, 2.75) is 18.8 Å². The monoisotopic (exact) mass is 324 g/mol. The molecule has 0 aliphatic carbocycles. The van der Waals surface area contributed by atoms with Crippen molar-refractivity contribution in [1.29, 1.82) is 0 Å². The molecule has 1 aliphatic heterocycles. The number of anilines is 1. The maximum Gasteiger partial charge on any atom is 0.491 e. The molecule has 0 unspecified atom stereocenters. The third-order valence-electron chi connectivity index (χ3n) is 3.24. The van der Waals surface area contributed by atoms with Crippen molar-refractivity contribution in [3.63, 3.8) is 0 Å². The summed E-state index contributed by atoms with van der Waals surface area (Å²) in [7, 11) is 0. The van der Waals surface area contributed by atoms with Crippen molar-refractivity contribution in [3.8, 4) is 0 Å². The molecule has 0 aromatic heterocycles. The normalized spacial score (nSPS) is 22.5. The van der Waals surface area contributed by atoms with Crippen LogP contribution < -0.4 is 10.2 Å². The van der Waals surface area contributed by atoms with Crippen LogP contribution in [-0.4, -0.2) is 37.5 Å². The number of carbonyl (C=O) groups is 1. The molecule has 122 valence electrons. The summed E-state index contributed by atoms with van der Waals surface area (Å²) in [5.41, 5.74) is -1.72. The fraction of sp³-hybridized carbons (Fsp3) is 0.462. The van der Waals surface area contributed by atoms with Crippen molar-refractivity contribution in [3.05, 3.63) is 29.8 Å². The van der Waals surface area contributed by atoms with E-state index in [-0.39, 0.29) is 18.8 Å². The van der Waals surface area contributed by atoms with Gasteiger partial charge in [0.05, 0.1) is 6.54 Å². The molecule has 0 saturated carbocycles. The van der Waals surface area contributed by atoms with Gasteiger partial charge in [-0.2, -0.15) is 13.2 Å². The summed E-state index contributed by atoms with van der Waals surface area (Å²) >= 11 is 0. The lowest BCUT2D eigenvalue weighted by Crippen LogP contribution is -2.62. The quantitative estimate of drug-likeness (QED) is 0.669. The molecule has 1 saturated heterocycles. The van der Waals surface area contributed by atoms with Gasteiger partial charge in [-0.1, -0.05) is 0 Å². The molecule has 1 aromatic carbocycles. The third-order valence-corrected chi connectivity index (χ3v) is 3.24. The molecule has 4 nitrogen and oxygen atoms in total. The van der Waals surface area contributed by atoms with Crippen LogP contribution in [0.25, 0.3) is 0 Å². The van der Waals surface area contributed by atoms with Gasteiger partial charge >= 0.3 is 12.1 Å². The lowest BCUT2D eigenvalue weighted by atomic mass is 10.1. The second-order valence-corrected chi connectivity index (χ2v) is 5.02. The Bertz CT molecular complexity index is 558. The van der Waals surface area contributed by atoms with Gasteiger partial charge in [-0.3, -0.25) is 0 Å². The number of piperazine rings is 1. The van der Waals surface area contributed by atoms with Crippen LogP contribution in [0, 0.1) is 11.6 Å². The average Bonchev–Trinajstić information content (AvgIpc) is 2.36. The zero-order valence-corrected chi connectivity index (χ0v) is 11.5. The van der Waals surface area contributed by atoms with E-state index in [1.54, 1.807) is 0 Å². The summed E-state index contributed by atoms with van der Waals surface area (Å²) in [6, 6.07) is 2.58. The van der Waals surface area contributed by atoms with Gasteiger partial charge in [0, 0.05) is 24.8 Å². The van der Waals surface area contributed by atoms with Crippen molar-refractivity contribution in [2.24, 2.45) is 0 Å². The maximum atomic E-state index is 13.3. The van der Waals surface area contributed by atoms with E-state index in [1.807, 2.05) is 0 Å². The Hall–Kier alpha value is -1.90. The first kappa shape index (κ1) is 16.5. The molecule has 2 rings (SSSR count). The van der Waals surface area contributed by atoms with E-state index in [0.717, 1.165) is 12.1 Å². The number of hydrogen-bond acceptors (Lipinski definition) is 4. The van der Waals surface area contributed by atoms with Crippen LogP contribution >= 0.6 is 0 Å². The average molecular weight is 324 g/mol. The highest BCUT2D eigenvalue weighted by Gasteiger charge is 2.48. The molecule has 0 radical (unpaired) electrons. The summed E-state index contributed by atoms with van der Waals surface area (Å²) in [4.78, 5) is 12.3. The number of halogens is 5. The van der Waals surface area contributed by atoms with Gasteiger partial charge in [-0.25, -0.2) is 13.6 Å². The summed E-state index contributed by atoms with van der Waals surface area (Å²) in [6.45, 7) is 1.60. The predicted molar refractivity (Wildman–Crippen MR) is 67.1 cm³/mol. The largest absolute Gasteiger partial charge is 0.491 e. The topological polar surface area (TPSA) is 41.6 Å². The molecule has 1 heterocycles. The Labute approximate surface area is 122 Å². The molecule has 1 aromatic rings. The van der Waals surface area contributed by atoms with Gasteiger partial charge < -0.3 is 15.0 Å². The number of benzene rings is 1. The summed E-state index contributed by atoms with van der Waals surface area (Å²) in [5.74, 6) is -4.11. The van der Waals surface area contributed by atoms with Crippen molar-refractivity contribution < 1.29 is 31.5 Å². The second-order valence-electron chi connectivity index (χ2n) is 5.02. The first-order chi connectivity index (χ1) is 10.1. The highest BCUT2D eigenvalue weighted by molar-refractivity contribution is 5.76. The lowest BCUT2D eigenvalue weighted by molar-refractivity contribution is -0.213. The zero-order chi connectivity index (χ0) is 16.5. The van der Waals surface area contributed by atoms with Crippen LogP contribution in [0.1, 0.15) is 6.92 Å². The summed E-state index contributed by atoms with van der Waals surface area (Å²) < 4.78 is 68.4. The van der Waals surface area contributed by atoms with Gasteiger partial charge in [0.1, 0.15) is 11.6 Å². The smallest absolute Gasteiger partial charge is 0.431 e. The number of nitrogens with one attached hydrogen (secondary N) is 1. The molecule has 1 fully saturated rings. The van der Waals surface area contributed by atoms with E-state index in [1.165, 1.54) is 11.8 Å². The van der Waals surface area contributed by atoms with Crippen molar-refractivity contribution in [2.75, 3.05) is 24.5 Å². The first-order valence-corrected chi connectivity index (χ1v) is 6.36. The van der Waals surface area contributed by atoms with Crippen LogP contribution in [-0.2, 0) is 9.53 Å². The Morgan fingerprint density at radius 2 is 1.86 bits per heavy atom. The summed E-state index contributed by atoms with van der Waals surface area (Å²) in [6.07, 6.45) is -5.15. The van der Waals surface area contributed by atoms with Crippen LogP contribution in [0.15, 0.2) is 18.2 Å². The van der Waals surface area contributed by atoms with E-state index < -0.39 is 29.5 Å². The number of hydrogen-bond donors (Lipinski definition) is 1. The zero-order valence-electron chi connectivity index (χ0n) is 11.5. The van der Waals surface area contributed by atoms with E-state index >= 15 is 0 Å². The van der Waals surface area contributed by atoms with E-state index in [0.29, 0.717) is 12.6 Å². The molecule has 0 amide bonds. The van der Waals surface area contributed by atoms with E-state index in [2.05, 4.69) is 10.1 Å². The second kappa shape index (κ2) is 5.71. The molecule has 22 heavy (non-hydrogen) atoms. The number of carbonyl (C=O) groups excluding carboxylic acids is 1. The number of esters is 1. The highest BCUT2D eigenvalue weighted by Crippen LogP contribution is 2.30. The van der Waals surface area contributed by atoms with Crippen LogP contribution in [0.3, 0.4) is 0 Å². The molecule has 1 atom stereocenters. The molecule has 0 spiro atoms. The van der Waals surface area contributed by atoms with Crippen molar-refractivity contribution >= 4 is 11.7 Å². The first-order valence-electron chi connectivity index (χ1n) is 6.36.